The van der Waals surface area contributed by atoms with Gasteiger partial charge in [0.2, 0.25) is 0 Å². The van der Waals surface area contributed by atoms with Gasteiger partial charge in [0.1, 0.15) is 0 Å². The highest BCUT2D eigenvalue weighted by Crippen LogP contribution is 2.34. The van der Waals surface area contributed by atoms with Crippen LogP contribution in [0.5, 0.6) is 0 Å². The van der Waals surface area contributed by atoms with Crippen molar-refractivity contribution in [2.45, 2.75) is 51.1 Å². The minimum Gasteiger partial charge on any atom is -0.316 e. The maximum absolute atomic E-state index is 4.40. The zero-order valence-corrected chi connectivity index (χ0v) is 13.0. The summed E-state index contributed by atoms with van der Waals surface area (Å²) < 4.78 is 2.01. The molecule has 112 valence electrons. The molecular weight excluding hydrogens is 258 g/mol. The fourth-order valence-corrected chi connectivity index (χ4v) is 3.59. The molecule has 0 fully saturated rings. The van der Waals surface area contributed by atoms with Crippen molar-refractivity contribution in [1.29, 1.82) is 0 Å². The number of benzene rings is 1. The Kier molecular flexibility index (Phi) is 4.39. The van der Waals surface area contributed by atoms with Gasteiger partial charge in [-0.3, -0.25) is 4.68 Å². The van der Waals surface area contributed by atoms with Gasteiger partial charge in [0, 0.05) is 18.8 Å². The highest BCUT2D eigenvalue weighted by Gasteiger charge is 2.27. The summed E-state index contributed by atoms with van der Waals surface area (Å²) in [4.78, 5) is 0. The Bertz CT molecular complexity index is 588. The topological polar surface area (TPSA) is 29.9 Å². The predicted octanol–water partition coefficient (Wildman–Crippen LogP) is 3.15. The number of nitrogens with one attached hydrogen (secondary N) is 1. The summed E-state index contributed by atoms with van der Waals surface area (Å²) >= 11 is 0. The van der Waals surface area contributed by atoms with Crippen molar-refractivity contribution in [2.24, 2.45) is 0 Å². The summed E-state index contributed by atoms with van der Waals surface area (Å²) in [6.07, 6.45) is 9.06. The molecule has 3 heteroatoms. The summed E-state index contributed by atoms with van der Waals surface area (Å²) in [5, 5.41) is 7.95. The van der Waals surface area contributed by atoms with Crippen molar-refractivity contribution in [3.63, 3.8) is 0 Å². The average Bonchev–Trinajstić information content (AvgIpc) is 3.00. The second-order valence-corrected chi connectivity index (χ2v) is 6.00. The Balaban J connectivity index is 1.80. The van der Waals surface area contributed by atoms with Crippen molar-refractivity contribution >= 4 is 0 Å². The molecule has 3 nitrogen and oxygen atoms in total. The van der Waals surface area contributed by atoms with Crippen molar-refractivity contribution in [2.75, 3.05) is 7.05 Å². The summed E-state index contributed by atoms with van der Waals surface area (Å²) in [6.45, 7) is 3.07. The second kappa shape index (κ2) is 6.44. The third kappa shape index (κ3) is 3.03. The molecule has 0 aliphatic heterocycles. The maximum Gasteiger partial charge on any atom is 0.0522 e. The van der Waals surface area contributed by atoms with Crippen molar-refractivity contribution in [3.8, 4) is 0 Å². The second-order valence-electron chi connectivity index (χ2n) is 6.00. The van der Waals surface area contributed by atoms with Crippen LogP contribution in [0.15, 0.2) is 36.7 Å². The van der Waals surface area contributed by atoms with Crippen LogP contribution in [0.25, 0.3) is 0 Å². The average molecular weight is 283 g/mol. The molecule has 0 saturated carbocycles. The van der Waals surface area contributed by atoms with Gasteiger partial charge in [-0.2, -0.15) is 5.10 Å². The molecular formula is C18H25N3. The number of hydrogen-bond acceptors (Lipinski definition) is 2. The quantitative estimate of drug-likeness (QED) is 0.913. The Morgan fingerprint density at radius 2 is 2.24 bits per heavy atom. The third-order valence-electron chi connectivity index (χ3n) is 4.74. The smallest absolute Gasteiger partial charge is 0.0522 e. The normalized spacial score (nSPS) is 19.2. The predicted molar refractivity (Wildman–Crippen MR) is 86.6 cm³/mol. The van der Waals surface area contributed by atoms with Crippen LogP contribution < -0.4 is 5.32 Å². The molecule has 21 heavy (non-hydrogen) atoms. The molecule has 1 N–H and O–H groups in total. The van der Waals surface area contributed by atoms with Gasteiger partial charge in [-0.25, -0.2) is 0 Å². The lowest BCUT2D eigenvalue weighted by Gasteiger charge is -2.32. The molecule has 1 aliphatic carbocycles. The molecule has 1 aromatic carbocycles. The molecule has 2 unspecified atom stereocenters. The fraction of sp³-hybridized carbons (Fsp3) is 0.500. The third-order valence-corrected chi connectivity index (χ3v) is 4.74. The summed E-state index contributed by atoms with van der Waals surface area (Å²) in [6, 6.07) is 9.45. The van der Waals surface area contributed by atoms with Crippen molar-refractivity contribution in [3.05, 3.63) is 53.3 Å². The number of aryl methyl sites for hydroxylation is 2. The number of rotatable bonds is 5. The number of fused-ring (bicyclic) bond motifs is 1. The van der Waals surface area contributed by atoms with Crippen LogP contribution >= 0.6 is 0 Å². The van der Waals surface area contributed by atoms with Crippen LogP contribution in [0, 0.1) is 0 Å². The van der Waals surface area contributed by atoms with Gasteiger partial charge < -0.3 is 5.32 Å². The number of nitrogens with zero attached hydrogens (tertiary/aromatic N) is 2. The van der Waals surface area contributed by atoms with Crippen molar-refractivity contribution in [1.82, 2.24) is 15.1 Å². The minimum atomic E-state index is 0.487. The molecule has 3 rings (SSSR count). The van der Waals surface area contributed by atoms with Crippen LogP contribution in [-0.4, -0.2) is 22.9 Å². The van der Waals surface area contributed by atoms with E-state index in [0.717, 1.165) is 13.0 Å². The Morgan fingerprint density at radius 3 is 3.00 bits per heavy atom. The lowest BCUT2D eigenvalue weighted by atomic mass is 9.77. The van der Waals surface area contributed by atoms with Gasteiger partial charge in [0.15, 0.2) is 0 Å². The highest BCUT2D eigenvalue weighted by molar-refractivity contribution is 5.34. The van der Waals surface area contributed by atoms with E-state index in [2.05, 4.69) is 54.8 Å². The van der Waals surface area contributed by atoms with Crippen LogP contribution in [0.1, 0.15) is 42.4 Å². The molecule has 1 aliphatic rings. The van der Waals surface area contributed by atoms with E-state index in [1.807, 2.05) is 10.9 Å². The lowest BCUT2D eigenvalue weighted by molar-refractivity contribution is 0.411. The molecule has 0 bridgehead atoms. The van der Waals surface area contributed by atoms with Gasteiger partial charge in [-0.15, -0.1) is 0 Å². The Morgan fingerprint density at radius 1 is 1.38 bits per heavy atom. The van der Waals surface area contributed by atoms with Gasteiger partial charge >= 0.3 is 0 Å². The van der Waals surface area contributed by atoms with Crippen LogP contribution in [-0.2, 0) is 19.4 Å². The molecule has 1 aromatic heterocycles. The largest absolute Gasteiger partial charge is 0.316 e. The van der Waals surface area contributed by atoms with E-state index in [9.17, 15) is 0 Å². The highest BCUT2D eigenvalue weighted by atomic mass is 15.3. The fourth-order valence-electron chi connectivity index (χ4n) is 3.59. The monoisotopic (exact) mass is 283 g/mol. The molecule has 2 atom stereocenters. The van der Waals surface area contributed by atoms with E-state index in [1.165, 1.54) is 24.8 Å². The minimum absolute atomic E-state index is 0.487. The van der Waals surface area contributed by atoms with Crippen molar-refractivity contribution < 1.29 is 0 Å². The van der Waals surface area contributed by atoms with E-state index in [0.29, 0.717) is 12.0 Å². The SMILES string of the molecule is CCn1cc(CC(NC)C2CCCc3ccccc32)cn1. The number of aromatic nitrogens is 2. The van der Waals surface area contributed by atoms with Gasteiger partial charge in [-0.1, -0.05) is 24.3 Å². The zero-order chi connectivity index (χ0) is 14.7. The Labute approximate surface area is 127 Å². The summed E-state index contributed by atoms with van der Waals surface area (Å²) in [7, 11) is 2.09. The first kappa shape index (κ1) is 14.3. The van der Waals surface area contributed by atoms with Gasteiger partial charge in [0.25, 0.3) is 0 Å². The first-order valence-electron chi connectivity index (χ1n) is 8.08. The molecule has 1 heterocycles. The summed E-state index contributed by atoms with van der Waals surface area (Å²) in [5.41, 5.74) is 4.42. The van der Waals surface area contributed by atoms with E-state index >= 15 is 0 Å². The summed E-state index contributed by atoms with van der Waals surface area (Å²) in [5.74, 6) is 0.616. The molecule has 0 saturated heterocycles. The molecule has 0 radical (unpaired) electrons. The number of hydrogen-bond donors (Lipinski definition) is 1. The van der Waals surface area contributed by atoms with E-state index in [4.69, 9.17) is 0 Å². The Hall–Kier alpha value is -1.61. The van der Waals surface area contributed by atoms with Gasteiger partial charge in [-0.05, 0) is 62.3 Å². The van der Waals surface area contributed by atoms with Crippen LogP contribution in [0.4, 0.5) is 0 Å². The number of likely N-dealkylation sites (N-methyl/N-ethyl adjacent to an activating group) is 1. The molecule has 2 aromatic rings. The zero-order valence-electron chi connectivity index (χ0n) is 13.0. The first-order valence-corrected chi connectivity index (χ1v) is 8.08. The van der Waals surface area contributed by atoms with Crippen LogP contribution in [0.2, 0.25) is 0 Å². The van der Waals surface area contributed by atoms with E-state index in [1.54, 1.807) is 11.1 Å². The maximum atomic E-state index is 4.40. The van der Waals surface area contributed by atoms with Crippen LogP contribution in [0.3, 0.4) is 0 Å². The molecule has 0 spiro atoms. The van der Waals surface area contributed by atoms with E-state index < -0.39 is 0 Å². The standard InChI is InChI=1S/C18H25N3/c1-3-21-13-14(12-20-21)11-18(19-2)17-10-6-8-15-7-4-5-9-16(15)17/h4-5,7,9,12-13,17-19H,3,6,8,10-11H2,1-2H3. The van der Waals surface area contributed by atoms with Gasteiger partial charge in [0.05, 0.1) is 6.20 Å². The first-order chi connectivity index (χ1) is 10.3. The lowest BCUT2D eigenvalue weighted by Crippen LogP contribution is -2.35. The molecule has 0 amide bonds. The van der Waals surface area contributed by atoms with E-state index in [-0.39, 0.29) is 0 Å².